The lowest BCUT2D eigenvalue weighted by molar-refractivity contribution is -0.185. The second-order valence-electron chi connectivity index (χ2n) is 4.01. The van der Waals surface area contributed by atoms with Crippen molar-refractivity contribution in [3.63, 3.8) is 0 Å². The molecule has 0 spiro atoms. The second-order valence-corrected chi connectivity index (χ2v) is 6.22. The lowest BCUT2D eigenvalue weighted by Crippen LogP contribution is -2.50. The molecule has 0 aliphatic carbocycles. The van der Waals surface area contributed by atoms with Gasteiger partial charge in [-0.2, -0.15) is 13.2 Å². The molecule has 1 atom stereocenters. The SMILES string of the molecule is CC(C)(C(F)(F)C(F)CC(F)(F)F)P(=O)(O)O. The maximum atomic E-state index is 13.3. The van der Waals surface area contributed by atoms with E-state index in [4.69, 9.17) is 9.79 Å². The van der Waals surface area contributed by atoms with Crippen LogP contribution in [0.5, 0.6) is 0 Å². The molecule has 0 fully saturated rings. The summed E-state index contributed by atoms with van der Waals surface area (Å²) in [7, 11) is -5.47. The predicted octanol–water partition coefficient (Wildman–Crippen LogP) is 2.87. The first-order valence-corrected chi connectivity index (χ1v) is 5.88. The van der Waals surface area contributed by atoms with Gasteiger partial charge < -0.3 is 9.79 Å². The molecule has 0 saturated carbocycles. The molecular weight excluding hydrogens is 277 g/mol. The summed E-state index contributed by atoms with van der Waals surface area (Å²) in [5.41, 5.74) is 0. The Hall–Kier alpha value is -0.270. The van der Waals surface area contributed by atoms with E-state index in [1.54, 1.807) is 0 Å². The molecule has 0 aliphatic heterocycles. The lowest BCUT2D eigenvalue weighted by atomic mass is 9.98. The van der Waals surface area contributed by atoms with E-state index in [0.29, 0.717) is 13.8 Å². The van der Waals surface area contributed by atoms with Crippen LogP contribution in [0.15, 0.2) is 0 Å². The van der Waals surface area contributed by atoms with Crippen molar-refractivity contribution >= 4 is 7.60 Å². The molecule has 0 heterocycles. The fraction of sp³-hybridized carbons (Fsp3) is 1.00. The van der Waals surface area contributed by atoms with E-state index in [0.717, 1.165) is 0 Å². The Morgan fingerprint density at radius 1 is 1.12 bits per heavy atom. The zero-order valence-electron chi connectivity index (χ0n) is 8.80. The third-order valence-electron chi connectivity index (χ3n) is 2.35. The third kappa shape index (κ3) is 3.59. The van der Waals surface area contributed by atoms with Gasteiger partial charge in [-0.25, -0.2) is 13.2 Å². The fourth-order valence-corrected chi connectivity index (χ4v) is 1.44. The monoisotopic (exact) mass is 288 g/mol. The minimum atomic E-state index is -5.47. The molecule has 2 N–H and O–H groups in total. The Morgan fingerprint density at radius 2 is 1.47 bits per heavy atom. The Kier molecular flexibility index (Phi) is 4.37. The van der Waals surface area contributed by atoms with Crippen molar-refractivity contribution in [2.24, 2.45) is 0 Å². The van der Waals surface area contributed by atoms with Gasteiger partial charge in [0.15, 0.2) is 6.17 Å². The molecule has 0 saturated heterocycles. The average Bonchev–Trinajstić information content (AvgIpc) is 1.97. The van der Waals surface area contributed by atoms with Crippen molar-refractivity contribution in [1.29, 1.82) is 0 Å². The van der Waals surface area contributed by atoms with Gasteiger partial charge in [0.05, 0.1) is 6.42 Å². The number of hydrogen-bond acceptors (Lipinski definition) is 1. The number of hydrogen-bond donors (Lipinski definition) is 2. The van der Waals surface area contributed by atoms with Crippen LogP contribution < -0.4 is 0 Å². The lowest BCUT2D eigenvalue weighted by Gasteiger charge is -2.36. The molecule has 0 rings (SSSR count). The van der Waals surface area contributed by atoms with Crippen molar-refractivity contribution in [2.45, 2.75) is 43.7 Å². The molecule has 17 heavy (non-hydrogen) atoms. The topological polar surface area (TPSA) is 57.5 Å². The van der Waals surface area contributed by atoms with Gasteiger partial charge in [-0.15, -0.1) is 0 Å². The Morgan fingerprint density at radius 3 is 1.71 bits per heavy atom. The Labute approximate surface area is 93.0 Å². The Balaban J connectivity index is 5.21. The molecule has 0 bridgehead atoms. The average molecular weight is 288 g/mol. The largest absolute Gasteiger partial charge is 0.392 e. The summed E-state index contributed by atoms with van der Waals surface area (Å²) in [5.74, 6) is -4.80. The highest BCUT2D eigenvalue weighted by Crippen LogP contribution is 2.59. The number of alkyl halides is 6. The highest BCUT2D eigenvalue weighted by Gasteiger charge is 2.63. The van der Waals surface area contributed by atoms with E-state index in [1.165, 1.54) is 0 Å². The summed E-state index contributed by atoms with van der Waals surface area (Å²) in [4.78, 5) is 17.2. The van der Waals surface area contributed by atoms with Crippen molar-refractivity contribution in [3.05, 3.63) is 0 Å². The minimum Gasteiger partial charge on any atom is -0.324 e. The normalized spacial score (nSPS) is 17.1. The molecule has 0 aromatic carbocycles. The first kappa shape index (κ1) is 16.7. The van der Waals surface area contributed by atoms with Gasteiger partial charge in [-0.1, -0.05) is 0 Å². The molecule has 1 unspecified atom stereocenters. The van der Waals surface area contributed by atoms with Gasteiger partial charge >= 0.3 is 13.8 Å². The van der Waals surface area contributed by atoms with Crippen molar-refractivity contribution in [2.75, 3.05) is 0 Å². The zero-order valence-corrected chi connectivity index (χ0v) is 9.70. The Bertz CT molecular complexity index is 320. The highest BCUT2D eigenvalue weighted by atomic mass is 31.2. The molecule has 0 amide bonds. The van der Waals surface area contributed by atoms with Crippen molar-refractivity contribution in [1.82, 2.24) is 0 Å². The van der Waals surface area contributed by atoms with Crippen LogP contribution in [-0.2, 0) is 4.57 Å². The van der Waals surface area contributed by atoms with Crippen molar-refractivity contribution in [3.8, 4) is 0 Å². The molecule has 0 aromatic rings. The van der Waals surface area contributed by atoms with E-state index in [1.807, 2.05) is 0 Å². The number of rotatable bonds is 4. The second kappa shape index (κ2) is 4.44. The summed E-state index contributed by atoms with van der Waals surface area (Å²) in [5, 5.41) is -3.22. The van der Waals surface area contributed by atoms with Crippen LogP contribution in [0.25, 0.3) is 0 Å². The van der Waals surface area contributed by atoms with Gasteiger partial charge in [-0.05, 0) is 13.8 Å². The number of halogens is 6. The van der Waals surface area contributed by atoms with Gasteiger partial charge in [0.25, 0.3) is 5.92 Å². The molecule has 0 aromatic heterocycles. The maximum Gasteiger partial charge on any atom is 0.392 e. The van der Waals surface area contributed by atoms with E-state index in [9.17, 15) is 30.9 Å². The van der Waals surface area contributed by atoms with Crippen LogP contribution in [0.3, 0.4) is 0 Å². The van der Waals surface area contributed by atoms with E-state index in [-0.39, 0.29) is 0 Å². The summed E-state index contributed by atoms with van der Waals surface area (Å²) in [6.45, 7) is 0.632. The summed E-state index contributed by atoms with van der Waals surface area (Å²) in [6, 6.07) is 0. The van der Waals surface area contributed by atoms with Crippen LogP contribution in [-0.4, -0.2) is 33.2 Å². The molecule has 0 radical (unpaired) electrons. The minimum absolute atomic E-state index is 0.316. The maximum absolute atomic E-state index is 13.3. The van der Waals surface area contributed by atoms with Crippen LogP contribution in [0.2, 0.25) is 0 Å². The zero-order chi connectivity index (χ0) is 14.3. The summed E-state index contributed by atoms with van der Waals surface area (Å²) < 4.78 is 85.4. The van der Waals surface area contributed by atoms with E-state index in [2.05, 4.69) is 0 Å². The fourth-order valence-electron chi connectivity index (χ4n) is 0.909. The quantitative estimate of drug-likeness (QED) is 0.617. The molecular formula is C7H11F6O3P. The third-order valence-corrected chi connectivity index (χ3v) is 4.10. The van der Waals surface area contributed by atoms with Gasteiger partial charge in [-0.3, -0.25) is 4.57 Å². The molecule has 10 heteroatoms. The summed E-state index contributed by atoms with van der Waals surface area (Å²) in [6.07, 6.45) is -11.4. The predicted molar refractivity (Wildman–Crippen MR) is 46.6 cm³/mol. The van der Waals surface area contributed by atoms with E-state index >= 15 is 0 Å². The van der Waals surface area contributed by atoms with Crippen LogP contribution in [0, 0.1) is 0 Å². The van der Waals surface area contributed by atoms with Crippen molar-refractivity contribution < 1.29 is 40.7 Å². The summed E-state index contributed by atoms with van der Waals surface area (Å²) >= 11 is 0. The smallest absolute Gasteiger partial charge is 0.324 e. The van der Waals surface area contributed by atoms with Crippen LogP contribution in [0.4, 0.5) is 26.3 Å². The van der Waals surface area contributed by atoms with Crippen LogP contribution in [0.1, 0.15) is 20.3 Å². The van der Waals surface area contributed by atoms with Gasteiger partial charge in [0.2, 0.25) is 0 Å². The standard InChI is InChI=1S/C7H11F6O3P/c1-5(2,17(14,15)16)7(12,13)4(8)3-6(9,10)11/h4H,3H2,1-2H3,(H2,14,15,16). The highest BCUT2D eigenvalue weighted by molar-refractivity contribution is 7.53. The molecule has 104 valence electrons. The first-order valence-electron chi connectivity index (χ1n) is 4.27. The first-order chi connectivity index (χ1) is 7.13. The molecule has 3 nitrogen and oxygen atoms in total. The van der Waals surface area contributed by atoms with Gasteiger partial charge in [0.1, 0.15) is 5.16 Å². The van der Waals surface area contributed by atoms with Gasteiger partial charge in [0, 0.05) is 0 Å². The van der Waals surface area contributed by atoms with Crippen LogP contribution >= 0.6 is 7.60 Å². The van der Waals surface area contributed by atoms with E-state index < -0.39 is 37.4 Å². The molecule has 0 aliphatic rings.